The van der Waals surface area contributed by atoms with Crippen molar-refractivity contribution in [2.75, 3.05) is 16.4 Å². The highest BCUT2D eigenvalue weighted by Gasteiger charge is 2.15. The molecule has 6 nitrogen and oxygen atoms in total. The molecule has 8 heteroatoms. The molecule has 4 aromatic carbocycles. The first-order valence-electron chi connectivity index (χ1n) is 12.1. The maximum atomic E-state index is 13.3. The summed E-state index contributed by atoms with van der Waals surface area (Å²) in [5.74, 6) is -0.768. The van der Waals surface area contributed by atoms with Gasteiger partial charge >= 0.3 is 0 Å². The summed E-state index contributed by atoms with van der Waals surface area (Å²) in [4.78, 5) is 39.3. The molecule has 0 saturated heterocycles. The zero-order chi connectivity index (χ0) is 27.6. The number of amides is 3. The molecule has 196 valence electrons. The van der Waals surface area contributed by atoms with Crippen LogP contribution < -0.4 is 16.0 Å². The van der Waals surface area contributed by atoms with Gasteiger partial charge in [-0.3, -0.25) is 14.4 Å². The number of nitrogens with one attached hydrogen (secondary N) is 3. The summed E-state index contributed by atoms with van der Waals surface area (Å²) >= 11 is 4.77. The minimum atomic E-state index is -0.471. The number of aryl methyl sites for hydroxylation is 1. The van der Waals surface area contributed by atoms with Gasteiger partial charge in [0.15, 0.2) is 0 Å². The summed E-state index contributed by atoms with van der Waals surface area (Å²) < 4.78 is 0.904. The van der Waals surface area contributed by atoms with E-state index in [0.29, 0.717) is 11.3 Å². The van der Waals surface area contributed by atoms with E-state index < -0.39 is 11.8 Å². The highest BCUT2D eigenvalue weighted by molar-refractivity contribution is 9.10. The summed E-state index contributed by atoms with van der Waals surface area (Å²) in [5, 5.41) is 8.49. The summed E-state index contributed by atoms with van der Waals surface area (Å²) in [6.45, 7) is 1.97. The zero-order valence-corrected chi connectivity index (χ0v) is 23.5. The SMILES string of the molecule is Cc1cccc(NC(=O)CSc2cccc(NC(=O)/C(=C/c3ccc(Br)cc3)NC(=O)c3ccccc3)c2)c1. The molecule has 0 aromatic heterocycles. The number of benzene rings is 4. The van der Waals surface area contributed by atoms with Gasteiger partial charge in [-0.2, -0.15) is 0 Å². The van der Waals surface area contributed by atoms with Gasteiger partial charge in [-0.15, -0.1) is 11.8 Å². The monoisotopic (exact) mass is 599 g/mol. The van der Waals surface area contributed by atoms with E-state index in [0.717, 1.165) is 26.2 Å². The van der Waals surface area contributed by atoms with Gasteiger partial charge in [0.2, 0.25) is 5.91 Å². The van der Waals surface area contributed by atoms with Gasteiger partial charge in [0.05, 0.1) is 5.75 Å². The predicted octanol–water partition coefficient (Wildman–Crippen LogP) is 6.90. The van der Waals surface area contributed by atoms with Crippen LogP contribution in [0.2, 0.25) is 0 Å². The van der Waals surface area contributed by atoms with E-state index in [9.17, 15) is 14.4 Å². The van der Waals surface area contributed by atoms with Crippen LogP contribution in [-0.2, 0) is 9.59 Å². The van der Waals surface area contributed by atoms with Crippen molar-refractivity contribution in [3.63, 3.8) is 0 Å². The van der Waals surface area contributed by atoms with Crippen molar-refractivity contribution in [2.24, 2.45) is 0 Å². The smallest absolute Gasteiger partial charge is 0.272 e. The van der Waals surface area contributed by atoms with Crippen LogP contribution in [0.15, 0.2) is 118 Å². The molecule has 0 bridgehead atoms. The van der Waals surface area contributed by atoms with E-state index >= 15 is 0 Å². The number of anilines is 2. The molecule has 4 rings (SSSR count). The Hall–Kier alpha value is -4.14. The lowest BCUT2D eigenvalue weighted by Crippen LogP contribution is -2.30. The molecule has 0 saturated carbocycles. The van der Waals surface area contributed by atoms with E-state index in [4.69, 9.17) is 0 Å². The maximum absolute atomic E-state index is 13.3. The second-order valence-electron chi connectivity index (χ2n) is 8.62. The maximum Gasteiger partial charge on any atom is 0.272 e. The quantitative estimate of drug-likeness (QED) is 0.144. The molecule has 3 N–H and O–H groups in total. The first-order valence-corrected chi connectivity index (χ1v) is 13.9. The van der Waals surface area contributed by atoms with Crippen molar-refractivity contribution < 1.29 is 14.4 Å². The lowest BCUT2D eigenvalue weighted by molar-refractivity contribution is -0.114. The molecule has 0 heterocycles. The highest BCUT2D eigenvalue weighted by Crippen LogP contribution is 2.23. The molecule has 4 aromatic rings. The van der Waals surface area contributed by atoms with E-state index in [2.05, 4.69) is 31.9 Å². The summed E-state index contributed by atoms with van der Waals surface area (Å²) in [6, 6.07) is 30.9. The Balaban J connectivity index is 1.44. The van der Waals surface area contributed by atoms with Crippen molar-refractivity contribution in [1.29, 1.82) is 0 Å². The molecule has 39 heavy (non-hydrogen) atoms. The van der Waals surface area contributed by atoms with Crippen LogP contribution in [0.3, 0.4) is 0 Å². The molecule has 0 aliphatic carbocycles. The average molecular weight is 601 g/mol. The van der Waals surface area contributed by atoms with Gasteiger partial charge in [0.25, 0.3) is 11.8 Å². The van der Waals surface area contributed by atoms with Crippen LogP contribution in [-0.4, -0.2) is 23.5 Å². The van der Waals surface area contributed by atoms with Gasteiger partial charge in [-0.25, -0.2) is 0 Å². The Labute approximate surface area is 240 Å². The molecule has 0 atom stereocenters. The van der Waals surface area contributed by atoms with Crippen LogP contribution in [0.5, 0.6) is 0 Å². The fourth-order valence-electron chi connectivity index (χ4n) is 3.60. The number of carbonyl (C=O) groups excluding carboxylic acids is 3. The largest absolute Gasteiger partial charge is 0.325 e. The van der Waals surface area contributed by atoms with Crippen molar-refractivity contribution in [3.8, 4) is 0 Å². The van der Waals surface area contributed by atoms with Crippen LogP contribution >= 0.6 is 27.7 Å². The van der Waals surface area contributed by atoms with Crippen LogP contribution in [0.4, 0.5) is 11.4 Å². The van der Waals surface area contributed by atoms with Gasteiger partial charge in [0, 0.05) is 26.3 Å². The molecular weight excluding hydrogens is 574 g/mol. The van der Waals surface area contributed by atoms with Gasteiger partial charge < -0.3 is 16.0 Å². The van der Waals surface area contributed by atoms with Crippen molar-refractivity contribution in [2.45, 2.75) is 11.8 Å². The normalized spacial score (nSPS) is 11.0. The molecule has 0 spiro atoms. The van der Waals surface area contributed by atoms with E-state index in [-0.39, 0.29) is 17.4 Å². The standard InChI is InChI=1S/C31H26BrN3O3S/c1-21-7-5-10-25(17-21)33-29(36)20-39-27-12-6-11-26(19-27)34-31(38)28(18-22-13-15-24(32)16-14-22)35-30(37)23-8-3-2-4-9-23/h2-19H,20H2,1H3,(H,33,36)(H,34,38)(H,35,37)/b28-18-. The number of rotatable bonds is 9. The predicted molar refractivity (Wildman–Crippen MR) is 162 cm³/mol. The fourth-order valence-corrected chi connectivity index (χ4v) is 4.62. The first kappa shape index (κ1) is 27.9. The third-order valence-electron chi connectivity index (χ3n) is 5.47. The Morgan fingerprint density at radius 3 is 2.21 bits per heavy atom. The van der Waals surface area contributed by atoms with Crippen LogP contribution in [0.1, 0.15) is 21.5 Å². The molecule has 0 radical (unpaired) electrons. The Kier molecular flexibility index (Phi) is 9.72. The topological polar surface area (TPSA) is 87.3 Å². The Bertz CT molecular complexity index is 1510. The lowest BCUT2D eigenvalue weighted by atomic mass is 10.1. The minimum Gasteiger partial charge on any atom is -0.325 e. The van der Waals surface area contributed by atoms with E-state index in [1.54, 1.807) is 48.5 Å². The molecule has 0 aliphatic heterocycles. The summed E-state index contributed by atoms with van der Waals surface area (Å²) in [6.07, 6.45) is 1.62. The zero-order valence-electron chi connectivity index (χ0n) is 21.1. The van der Waals surface area contributed by atoms with Crippen LogP contribution in [0, 0.1) is 6.92 Å². The lowest BCUT2D eigenvalue weighted by Gasteiger charge is -2.12. The van der Waals surface area contributed by atoms with E-state index in [1.807, 2.05) is 67.6 Å². The number of hydrogen-bond acceptors (Lipinski definition) is 4. The number of thioether (sulfide) groups is 1. The van der Waals surface area contributed by atoms with Crippen molar-refractivity contribution in [3.05, 3.63) is 130 Å². The number of hydrogen-bond donors (Lipinski definition) is 3. The average Bonchev–Trinajstić information content (AvgIpc) is 2.93. The fraction of sp³-hybridized carbons (Fsp3) is 0.0645. The second kappa shape index (κ2) is 13.6. The summed E-state index contributed by atoms with van der Waals surface area (Å²) in [7, 11) is 0. The number of halogens is 1. The molecule has 0 aliphatic rings. The highest BCUT2D eigenvalue weighted by atomic mass is 79.9. The third kappa shape index (κ3) is 8.70. The van der Waals surface area contributed by atoms with Gasteiger partial charge in [-0.05, 0) is 78.7 Å². The second-order valence-corrected chi connectivity index (χ2v) is 10.6. The molecular formula is C31H26BrN3O3S. The van der Waals surface area contributed by atoms with Gasteiger partial charge in [-0.1, -0.05) is 64.5 Å². The Morgan fingerprint density at radius 2 is 1.49 bits per heavy atom. The molecule has 3 amide bonds. The van der Waals surface area contributed by atoms with Gasteiger partial charge in [0.1, 0.15) is 5.70 Å². The number of carbonyl (C=O) groups is 3. The van der Waals surface area contributed by atoms with Crippen molar-refractivity contribution >= 4 is 62.9 Å². The first-order chi connectivity index (χ1) is 18.9. The third-order valence-corrected chi connectivity index (χ3v) is 7.00. The minimum absolute atomic E-state index is 0.0989. The van der Waals surface area contributed by atoms with E-state index in [1.165, 1.54) is 11.8 Å². The summed E-state index contributed by atoms with van der Waals surface area (Å²) in [5.41, 5.74) is 3.65. The molecule has 0 fully saturated rings. The molecule has 0 unspecified atom stereocenters. The Morgan fingerprint density at radius 1 is 0.795 bits per heavy atom. The van der Waals surface area contributed by atoms with Crippen molar-refractivity contribution in [1.82, 2.24) is 5.32 Å². The van der Waals surface area contributed by atoms with Crippen LogP contribution in [0.25, 0.3) is 6.08 Å².